The highest BCUT2D eigenvalue weighted by molar-refractivity contribution is 5.87. The molecule has 0 radical (unpaired) electrons. The Morgan fingerprint density at radius 1 is 1.59 bits per heavy atom. The second kappa shape index (κ2) is 3.97. The first kappa shape index (κ1) is 11.3. The third-order valence-electron chi connectivity index (χ3n) is 2.48. The molecule has 0 aliphatic carbocycles. The highest BCUT2D eigenvalue weighted by atomic mass is 16.5. The van der Waals surface area contributed by atoms with Crippen LogP contribution in [0.15, 0.2) is 18.2 Å². The summed E-state index contributed by atoms with van der Waals surface area (Å²) in [6.45, 7) is 1.45. The quantitative estimate of drug-likeness (QED) is 0.775. The number of nitrogen functional groups attached to an aromatic ring is 1. The number of rotatable bonds is 3. The predicted octanol–water partition coefficient (Wildman–Crippen LogP) is 1.01. The van der Waals surface area contributed by atoms with E-state index in [0.29, 0.717) is 11.1 Å². The lowest BCUT2D eigenvalue weighted by Gasteiger charge is -2.07. The number of benzene rings is 1. The first-order valence-electron chi connectivity index (χ1n) is 5.10. The second-order valence-corrected chi connectivity index (χ2v) is 3.80. The maximum atomic E-state index is 10.7. The minimum Gasteiger partial charge on any atom is -0.479 e. The molecule has 0 saturated heterocycles. The summed E-state index contributed by atoms with van der Waals surface area (Å²) in [4.78, 5) is 10.7. The Morgan fingerprint density at radius 2 is 2.29 bits per heavy atom. The third-order valence-corrected chi connectivity index (χ3v) is 2.48. The second-order valence-electron chi connectivity index (χ2n) is 3.80. The highest BCUT2D eigenvalue weighted by Crippen LogP contribution is 2.27. The van der Waals surface area contributed by atoms with E-state index in [-0.39, 0.29) is 5.88 Å². The lowest BCUT2D eigenvalue weighted by Crippen LogP contribution is -2.23. The largest absolute Gasteiger partial charge is 0.479 e. The van der Waals surface area contributed by atoms with E-state index < -0.39 is 12.1 Å². The van der Waals surface area contributed by atoms with Gasteiger partial charge in [-0.2, -0.15) is 0 Å². The molecule has 0 unspecified atom stereocenters. The number of nitrogens with two attached hydrogens (primary N) is 1. The Kier molecular flexibility index (Phi) is 2.63. The van der Waals surface area contributed by atoms with Gasteiger partial charge in [-0.1, -0.05) is 0 Å². The summed E-state index contributed by atoms with van der Waals surface area (Å²) in [5.41, 5.74) is 7.11. The van der Waals surface area contributed by atoms with E-state index in [9.17, 15) is 4.79 Å². The Balaban J connectivity index is 2.47. The molecule has 1 atom stereocenters. The normalized spacial score (nSPS) is 12.6. The topological polar surface area (TPSA) is 90.4 Å². The Morgan fingerprint density at radius 3 is 2.94 bits per heavy atom. The van der Waals surface area contributed by atoms with E-state index >= 15 is 0 Å². The van der Waals surface area contributed by atoms with E-state index in [1.165, 1.54) is 6.92 Å². The maximum absolute atomic E-state index is 10.7. The van der Waals surface area contributed by atoms with E-state index in [1.54, 1.807) is 23.9 Å². The van der Waals surface area contributed by atoms with Crippen LogP contribution in [0.3, 0.4) is 0 Å². The lowest BCUT2D eigenvalue weighted by atomic mass is 10.2. The number of hydrogen-bond donors (Lipinski definition) is 2. The highest BCUT2D eigenvalue weighted by Gasteiger charge is 2.17. The maximum Gasteiger partial charge on any atom is 0.344 e. The zero-order valence-electron chi connectivity index (χ0n) is 9.54. The number of hydrogen-bond acceptors (Lipinski definition) is 4. The van der Waals surface area contributed by atoms with Gasteiger partial charge in [0, 0.05) is 12.7 Å². The van der Waals surface area contributed by atoms with Gasteiger partial charge in [-0.05, 0) is 25.1 Å². The van der Waals surface area contributed by atoms with Gasteiger partial charge < -0.3 is 15.6 Å². The number of aliphatic carboxylic acids is 1. The Labute approximate surface area is 97.6 Å². The van der Waals surface area contributed by atoms with Gasteiger partial charge in [-0.25, -0.2) is 4.79 Å². The van der Waals surface area contributed by atoms with Crippen LogP contribution in [0.1, 0.15) is 6.92 Å². The molecule has 6 nitrogen and oxygen atoms in total. The first-order valence-corrected chi connectivity index (χ1v) is 5.10. The zero-order valence-corrected chi connectivity index (χ0v) is 9.54. The van der Waals surface area contributed by atoms with Gasteiger partial charge in [0.2, 0.25) is 5.88 Å². The van der Waals surface area contributed by atoms with Crippen molar-refractivity contribution in [2.75, 3.05) is 5.73 Å². The van der Waals surface area contributed by atoms with Crippen LogP contribution in [0.4, 0.5) is 5.69 Å². The average Bonchev–Trinajstić information content (AvgIpc) is 2.55. The molecule has 0 fully saturated rings. The summed E-state index contributed by atoms with van der Waals surface area (Å²) in [5, 5.41) is 13.6. The summed E-state index contributed by atoms with van der Waals surface area (Å²) < 4.78 is 6.90. The molecule has 6 heteroatoms. The molecule has 0 saturated carbocycles. The van der Waals surface area contributed by atoms with Crippen molar-refractivity contribution in [2.45, 2.75) is 13.0 Å². The van der Waals surface area contributed by atoms with Gasteiger partial charge in [0.15, 0.2) is 6.10 Å². The van der Waals surface area contributed by atoms with Crippen LogP contribution in [0, 0.1) is 0 Å². The number of anilines is 1. The number of aromatic nitrogens is 2. The fraction of sp³-hybridized carbons (Fsp3) is 0.273. The number of nitrogens with zero attached hydrogens (tertiary/aromatic N) is 2. The van der Waals surface area contributed by atoms with Crippen molar-refractivity contribution in [2.24, 2.45) is 7.05 Å². The summed E-state index contributed by atoms with van der Waals surface area (Å²) in [6, 6.07) is 5.29. The number of carboxylic acids is 1. The summed E-state index contributed by atoms with van der Waals surface area (Å²) >= 11 is 0. The van der Waals surface area contributed by atoms with E-state index in [0.717, 1.165) is 5.52 Å². The molecule has 1 aromatic carbocycles. The molecule has 3 N–H and O–H groups in total. The summed E-state index contributed by atoms with van der Waals surface area (Å²) in [5.74, 6) is -0.752. The molecule has 0 bridgehead atoms. The van der Waals surface area contributed by atoms with Crippen molar-refractivity contribution in [1.29, 1.82) is 0 Å². The Bertz CT molecular complexity index is 577. The van der Waals surface area contributed by atoms with Crippen molar-refractivity contribution in [3.63, 3.8) is 0 Å². The minimum atomic E-state index is -1.03. The number of fused-ring (bicyclic) bond motifs is 1. The van der Waals surface area contributed by atoms with Gasteiger partial charge >= 0.3 is 5.97 Å². The molecule has 0 spiro atoms. The van der Waals surface area contributed by atoms with Gasteiger partial charge in [-0.15, -0.1) is 5.10 Å². The van der Waals surface area contributed by atoms with Crippen molar-refractivity contribution < 1.29 is 14.6 Å². The fourth-order valence-corrected chi connectivity index (χ4v) is 1.56. The molecular weight excluding hydrogens is 222 g/mol. The summed E-state index contributed by atoms with van der Waals surface area (Å²) in [6.07, 6.45) is -0.950. The van der Waals surface area contributed by atoms with Gasteiger partial charge in [0.25, 0.3) is 0 Å². The average molecular weight is 235 g/mol. The lowest BCUT2D eigenvalue weighted by molar-refractivity contribution is -0.144. The van der Waals surface area contributed by atoms with E-state index in [4.69, 9.17) is 15.6 Å². The zero-order chi connectivity index (χ0) is 12.6. The molecule has 1 heterocycles. The smallest absolute Gasteiger partial charge is 0.344 e. The third kappa shape index (κ3) is 2.01. The first-order chi connectivity index (χ1) is 7.99. The number of carboxylic acid groups (broad SMARTS) is 1. The predicted molar refractivity (Wildman–Crippen MR) is 62.9 cm³/mol. The minimum absolute atomic E-state index is 0.282. The molecule has 2 aromatic rings. The number of carbonyl (C=O) groups is 1. The van der Waals surface area contributed by atoms with Gasteiger partial charge in [0.1, 0.15) is 0 Å². The molecular formula is C11H13N3O3. The molecule has 0 amide bonds. The van der Waals surface area contributed by atoms with Crippen LogP contribution in [0.25, 0.3) is 10.9 Å². The molecule has 17 heavy (non-hydrogen) atoms. The van der Waals surface area contributed by atoms with Crippen LogP contribution in [-0.2, 0) is 11.8 Å². The van der Waals surface area contributed by atoms with Crippen molar-refractivity contribution in [3.05, 3.63) is 18.2 Å². The van der Waals surface area contributed by atoms with E-state index in [2.05, 4.69) is 5.10 Å². The molecule has 90 valence electrons. The van der Waals surface area contributed by atoms with Gasteiger partial charge in [-0.3, -0.25) is 4.68 Å². The van der Waals surface area contributed by atoms with Crippen LogP contribution in [0.5, 0.6) is 5.88 Å². The summed E-state index contributed by atoms with van der Waals surface area (Å²) in [7, 11) is 1.76. The Hall–Kier alpha value is -2.24. The van der Waals surface area contributed by atoms with E-state index in [1.807, 2.05) is 6.07 Å². The number of aryl methyl sites for hydroxylation is 1. The van der Waals surface area contributed by atoms with Gasteiger partial charge in [0.05, 0.1) is 10.9 Å². The van der Waals surface area contributed by atoms with Crippen molar-refractivity contribution in [1.82, 2.24) is 9.78 Å². The molecule has 2 rings (SSSR count). The SMILES string of the molecule is C[C@H](Oc1nn(C)c2ccc(N)cc12)C(=O)O. The van der Waals surface area contributed by atoms with Crippen LogP contribution >= 0.6 is 0 Å². The standard InChI is InChI=1S/C11H13N3O3/c1-6(11(15)16)17-10-8-5-7(12)3-4-9(8)14(2)13-10/h3-6H,12H2,1-2H3,(H,15,16)/t6-/m0/s1. The van der Waals surface area contributed by atoms with Crippen LogP contribution < -0.4 is 10.5 Å². The fourth-order valence-electron chi connectivity index (χ4n) is 1.56. The van der Waals surface area contributed by atoms with Crippen LogP contribution in [-0.4, -0.2) is 27.0 Å². The molecule has 0 aliphatic rings. The van der Waals surface area contributed by atoms with Crippen LogP contribution in [0.2, 0.25) is 0 Å². The molecule has 1 aromatic heterocycles. The van der Waals surface area contributed by atoms with Crippen molar-refractivity contribution in [3.8, 4) is 5.88 Å². The number of ether oxygens (including phenoxy) is 1. The monoisotopic (exact) mass is 235 g/mol. The molecule has 0 aliphatic heterocycles. The van der Waals surface area contributed by atoms with Crippen molar-refractivity contribution >= 4 is 22.6 Å².